The fourth-order valence-electron chi connectivity index (χ4n) is 2.52. The van der Waals surface area contributed by atoms with Gasteiger partial charge in [-0.15, -0.1) is 0 Å². The zero-order valence-corrected chi connectivity index (χ0v) is 10.6. The van der Waals surface area contributed by atoms with Crippen LogP contribution in [0.3, 0.4) is 0 Å². The van der Waals surface area contributed by atoms with Crippen LogP contribution in [0.25, 0.3) is 32.8 Å². The fraction of sp³-hybridized carbons (Fsp3) is 0. The van der Waals surface area contributed by atoms with E-state index in [1.54, 1.807) is 0 Å². The first-order valence-corrected chi connectivity index (χ1v) is 6.34. The summed E-state index contributed by atoms with van der Waals surface area (Å²) in [4.78, 5) is 18.9. The zero-order valence-electron chi connectivity index (χ0n) is 9.83. The molecule has 0 aliphatic rings. The molecule has 0 fully saturated rings. The summed E-state index contributed by atoms with van der Waals surface area (Å²) in [6.07, 6.45) is 0. The SMILES string of the molecule is O=c1c2ccccc2[nH]c2c1[nH]c1ccc(Cl)cc12. The summed E-state index contributed by atoms with van der Waals surface area (Å²) in [6, 6.07) is 13.1. The van der Waals surface area contributed by atoms with Crippen molar-refractivity contribution < 1.29 is 0 Å². The lowest BCUT2D eigenvalue weighted by atomic mass is 10.1. The third-order valence-corrected chi connectivity index (χ3v) is 3.65. The molecule has 4 heteroatoms. The average Bonchev–Trinajstić information content (AvgIpc) is 2.78. The first kappa shape index (κ1) is 10.6. The molecule has 2 aromatic carbocycles. The van der Waals surface area contributed by atoms with Crippen LogP contribution in [0.4, 0.5) is 0 Å². The third-order valence-electron chi connectivity index (χ3n) is 3.42. The monoisotopic (exact) mass is 268 g/mol. The van der Waals surface area contributed by atoms with E-state index in [9.17, 15) is 4.79 Å². The minimum Gasteiger partial charge on any atom is -0.353 e. The average molecular weight is 269 g/mol. The van der Waals surface area contributed by atoms with Crippen molar-refractivity contribution in [3.05, 3.63) is 57.7 Å². The van der Waals surface area contributed by atoms with E-state index in [-0.39, 0.29) is 5.43 Å². The molecular formula is C15H9ClN2O. The van der Waals surface area contributed by atoms with E-state index in [1.807, 2.05) is 42.5 Å². The van der Waals surface area contributed by atoms with Crippen LogP contribution < -0.4 is 5.43 Å². The predicted molar refractivity (Wildman–Crippen MR) is 78.9 cm³/mol. The second-order valence-electron chi connectivity index (χ2n) is 4.56. The van der Waals surface area contributed by atoms with Gasteiger partial charge in [0.15, 0.2) is 0 Å². The second-order valence-corrected chi connectivity index (χ2v) is 5.00. The van der Waals surface area contributed by atoms with Crippen LogP contribution in [0, 0.1) is 0 Å². The van der Waals surface area contributed by atoms with Crippen LogP contribution in [0.15, 0.2) is 47.3 Å². The van der Waals surface area contributed by atoms with Crippen LogP contribution in [0.1, 0.15) is 0 Å². The molecule has 0 atom stereocenters. The molecule has 19 heavy (non-hydrogen) atoms. The van der Waals surface area contributed by atoms with Gasteiger partial charge in [0.2, 0.25) is 5.43 Å². The van der Waals surface area contributed by atoms with E-state index in [1.165, 1.54) is 0 Å². The Morgan fingerprint density at radius 2 is 1.58 bits per heavy atom. The highest BCUT2D eigenvalue weighted by atomic mass is 35.5. The first-order valence-electron chi connectivity index (χ1n) is 5.96. The maximum atomic E-state index is 12.5. The number of hydrogen-bond acceptors (Lipinski definition) is 1. The summed E-state index contributed by atoms with van der Waals surface area (Å²) < 4.78 is 0. The lowest BCUT2D eigenvalue weighted by molar-refractivity contribution is 1.46. The molecule has 0 bridgehead atoms. The first-order chi connectivity index (χ1) is 9.24. The van der Waals surface area contributed by atoms with Crippen molar-refractivity contribution in [2.75, 3.05) is 0 Å². The number of rotatable bonds is 0. The number of aromatic amines is 2. The third kappa shape index (κ3) is 1.42. The minimum absolute atomic E-state index is 0.0108. The quantitative estimate of drug-likeness (QED) is 0.500. The Morgan fingerprint density at radius 3 is 2.47 bits per heavy atom. The van der Waals surface area contributed by atoms with E-state index >= 15 is 0 Å². The van der Waals surface area contributed by atoms with Gasteiger partial charge in [-0.1, -0.05) is 23.7 Å². The number of hydrogen-bond donors (Lipinski definition) is 2. The van der Waals surface area contributed by atoms with Crippen LogP contribution in [0.2, 0.25) is 5.02 Å². The number of nitrogens with one attached hydrogen (secondary N) is 2. The van der Waals surface area contributed by atoms with Gasteiger partial charge in [0.05, 0.1) is 5.52 Å². The molecule has 0 saturated heterocycles. The van der Waals surface area contributed by atoms with Gasteiger partial charge in [-0.25, -0.2) is 0 Å². The van der Waals surface area contributed by atoms with Crippen LogP contribution in [-0.4, -0.2) is 9.97 Å². The number of H-pyrrole nitrogens is 2. The van der Waals surface area contributed by atoms with Gasteiger partial charge in [-0.3, -0.25) is 4.79 Å². The smallest absolute Gasteiger partial charge is 0.213 e. The maximum Gasteiger partial charge on any atom is 0.213 e. The predicted octanol–water partition coefficient (Wildman–Crippen LogP) is 3.82. The maximum absolute atomic E-state index is 12.5. The summed E-state index contributed by atoms with van der Waals surface area (Å²) in [7, 11) is 0. The Labute approximate surface area is 112 Å². The van der Waals surface area contributed by atoms with Gasteiger partial charge < -0.3 is 9.97 Å². The Hall–Kier alpha value is -2.26. The van der Waals surface area contributed by atoms with Gasteiger partial charge in [0.1, 0.15) is 5.52 Å². The van der Waals surface area contributed by atoms with Crippen LogP contribution in [0.5, 0.6) is 0 Å². The Balaban J connectivity index is 2.34. The van der Waals surface area contributed by atoms with Crippen LogP contribution in [-0.2, 0) is 0 Å². The molecule has 3 nitrogen and oxygen atoms in total. The molecular weight excluding hydrogens is 260 g/mol. The van der Waals surface area contributed by atoms with Crippen molar-refractivity contribution in [1.29, 1.82) is 0 Å². The van der Waals surface area contributed by atoms with Gasteiger partial charge in [0, 0.05) is 26.8 Å². The lowest BCUT2D eigenvalue weighted by Gasteiger charge is -1.98. The minimum atomic E-state index is 0.0108. The standard InChI is InChI=1S/C15H9ClN2O/c16-8-5-6-12-10(7-8)13-14(18-12)15(19)9-3-1-2-4-11(9)17-13/h1-7,18H,(H,17,19). The normalized spacial score (nSPS) is 11.6. The number of benzene rings is 2. The summed E-state index contributed by atoms with van der Waals surface area (Å²) in [5, 5.41) is 2.28. The van der Waals surface area contributed by atoms with Crippen molar-refractivity contribution in [1.82, 2.24) is 9.97 Å². The molecule has 0 unspecified atom stereocenters. The van der Waals surface area contributed by atoms with E-state index < -0.39 is 0 Å². The Bertz CT molecular complexity index is 997. The summed E-state index contributed by atoms with van der Waals surface area (Å²) in [5.41, 5.74) is 3.15. The highest BCUT2D eigenvalue weighted by Gasteiger charge is 2.10. The summed E-state index contributed by atoms with van der Waals surface area (Å²) in [6.45, 7) is 0. The van der Waals surface area contributed by atoms with E-state index in [0.29, 0.717) is 15.9 Å². The highest BCUT2D eigenvalue weighted by Crippen LogP contribution is 2.26. The fourth-order valence-corrected chi connectivity index (χ4v) is 2.70. The molecule has 4 aromatic rings. The molecule has 0 aliphatic carbocycles. The number of para-hydroxylation sites is 1. The van der Waals surface area contributed by atoms with Gasteiger partial charge >= 0.3 is 0 Å². The summed E-state index contributed by atoms with van der Waals surface area (Å²) >= 11 is 6.03. The van der Waals surface area contributed by atoms with Gasteiger partial charge in [0.25, 0.3) is 0 Å². The number of halogens is 1. The largest absolute Gasteiger partial charge is 0.353 e. The Morgan fingerprint density at radius 1 is 0.842 bits per heavy atom. The van der Waals surface area contributed by atoms with E-state index in [4.69, 9.17) is 11.6 Å². The Kier molecular flexibility index (Phi) is 2.03. The number of pyridine rings is 1. The molecule has 2 N–H and O–H groups in total. The second kappa shape index (κ2) is 3.62. The molecule has 0 radical (unpaired) electrons. The molecule has 2 aromatic heterocycles. The van der Waals surface area contributed by atoms with E-state index in [2.05, 4.69) is 9.97 Å². The van der Waals surface area contributed by atoms with Crippen molar-refractivity contribution >= 4 is 44.4 Å². The van der Waals surface area contributed by atoms with E-state index in [0.717, 1.165) is 21.9 Å². The molecule has 0 saturated carbocycles. The topological polar surface area (TPSA) is 48.6 Å². The molecule has 0 aliphatic heterocycles. The van der Waals surface area contributed by atoms with Crippen molar-refractivity contribution in [2.24, 2.45) is 0 Å². The van der Waals surface area contributed by atoms with Crippen molar-refractivity contribution in [3.63, 3.8) is 0 Å². The number of aromatic nitrogens is 2. The number of fused-ring (bicyclic) bond motifs is 4. The molecule has 4 rings (SSSR count). The van der Waals surface area contributed by atoms with Crippen LogP contribution >= 0.6 is 11.6 Å². The van der Waals surface area contributed by atoms with Crippen molar-refractivity contribution in [3.8, 4) is 0 Å². The molecule has 92 valence electrons. The van der Waals surface area contributed by atoms with Gasteiger partial charge in [-0.2, -0.15) is 0 Å². The molecule has 2 heterocycles. The lowest BCUT2D eigenvalue weighted by Crippen LogP contribution is -2.03. The van der Waals surface area contributed by atoms with Crippen molar-refractivity contribution in [2.45, 2.75) is 0 Å². The zero-order chi connectivity index (χ0) is 13.0. The summed E-state index contributed by atoms with van der Waals surface area (Å²) in [5.74, 6) is 0. The highest BCUT2D eigenvalue weighted by molar-refractivity contribution is 6.31. The van der Waals surface area contributed by atoms with Gasteiger partial charge in [-0.05, 0) is 30.3 Å². The molecule has 0 amide bonds. The molecule has 0 spiro atoms.